The summed E-state index contributed by atoms with van der Waals surface area (Å²) < 4.78 is 27.7. The average Bonchev–Trinajstić information content (AvgIpc) is 2.62. The maximum Gasteiger partial charge on any atom is 0.289 e. The number of pyridine rings is 1. The van der Waals surface area contributed by atoms with Crippen molar-refractivity contribution in [1.82, 2.24) is 9.29 Å². The number of aromatic nitrogens is 1. The van der Waals surface area contributed by atoms with Gasteiger partial charge in [0, 0.05) is 42.9 Å². The predicted octanol–water partition coefficient (Wildman–Crippen LogP) is 2.26. The van der Waals surface area contributed by atoms with E-state index in [-0.39, 0.29) is 18.0 Å². The number of benzene rings is 1. The van der Waals surface area contributed by atoms with Crippen molar-refractivity contribution >= 4 is 37.5 Å². The number of rotatable bonds is 4. The van der Waals surface area contributed by atoms with Crippen LogP contribution in [-0.4, -0.2) is 48.8 Å². The zero-order chi connectivity index (χ0) is 18.0. The van der Waals surface area contributed by atoms with Gasteiger partial charge >= 0.3 is 0 Å². The molecular weight excluding hydrogens is 412 g/mol. The summed E-state index contributed by atoms with van der Waals surface area (Å²) in [6, 6.07) is 9.15. The van der Waals surface area contributed by atoms with Crippen molar-refractivity contribution in [2.24, 2.45) is 0 Å². The molecular formula is C15H15BrN4O4S. The summed E-state index contributed by atoms with van der Waals surface area (Å²) in [5.41, 5.74) is -0.403. The largest absolute Gasteiger partial charge is 0.354 e. The van der Waals surface area contributed by atoms with E-state index in [1.807, 2.05) is 17.0 Å². The molecule has 2 heterocycles. The zero-order valence-electron chi connectivity index (χ0n) is 13.1. The second kappa shape index (κ2) is 7.06. The second-order valence-electron chi connectivity index (χ2n) is 5.45. The minimum Gasteiger partial charge on any atom is -0.354 e. The van der Waals surface area contributed by atoms with Crippen LogP contribution in [0, 0.1) is 10.1 Å². The maximum absolute atomic E-state index is 12.8. The smallest absolute Gasteiger partial charge is 0.289 e. The van der Waals surface area contributed by atoms with Crippen molar-refractivity contribution in [3.05, 3.63) is 57.2 Å². The number of halogens is 1. The van der Waals surface area contributed by atoms with E-state index in [0.29, 0.717) is 13.1 Å². The molecule has 0 aliphatic carbocycles. The third-order valence-corrected chi connectivity index (χ3v) is 6.37. The van der Waals surface area contributed by atoms with Gasteiger partial charge in [-0.1, -0.05) is 12.1 Å². The summed E-state index contributed by atoms with van der Waals surface area (Å²) >= 11 is 3.33. The summed E-state index contributed by atoms with van der Waals surface area (Å²) in [6.45, 7) is 1.42. The molecule has 25 heavy (non-hydrogen) atoms. The Bertz CT molecular complexity index is 881. The fourth-order valence-electron chi connectivity index (χ4n) is 2.68. The van der Waals surface area contributed by atoms with Gasteiger partial charge in [-0.3, -0.25) is 10.1 Å². The van der Waals surface area contributed by atoms with Crippen molar-refractivity contribution in [2.45, 2.75) is 4.90 Å². The van der Waals surface area contributed by atoms with Gasteiger partial charge in [0.1, 0.15) is 5.82 Å². The standard InChI is InChI=1S/C15H15BrN4O4S/c16-12-5-6-15(17-11-12)18-7-9-19(10-8-18)25(23,24)14-4-2-1-3-13(14)20(21)22/h1-6,11H,7-10H2. The number of para-hydroxylation sites is 1. The lowest BCUT2D eigenvalue weighted by Crippen LogP contribution is -2.49. The number of sulfonamides is 1. The van der Waals surface area contributed by atoms with Gasteiger partial charge < -0.3 is 4.90 Å². The molecule has 2 aromatic rings. The van der Waals surface area contributed by atoms with Crippen LogP contribution in [0.3, 0.4) is 0 Å². The molecule has 0 spiro atoms. The van der Waals surface area contributed by atoms with Crippen molar-refractivity contribution in [1.29, 1.82) is 0 Å². The molecule has 3 rings (SSSR count). The number of nitro groups is 1. The van der Waals surface area contributed by atoms with Crippen LogP contribution in [0.25, 0.3) is 0 Å². The van der Waals surface area contributed by atoms with Crippen LogP contribution in [0.4, 0.5) is 11.5 Å². The SMILES string of the molecule is O=[N+]([O-])c1ccccc1S(=O)(=O)N1CCN(c2ccc(Br)cn2)CC1. The lowest BCUT2D eigenvalue weighted by Gasteiger charge is -2.34. The normalized spacial score (nSPS) is 16.0. The van der Waals surface area contributed by atoms with Gasteiger partial charge in [0.05, 0.1) is 4.92 Å². The molecule has 1 fully saturated rings. The van der Waals surface area contributed by atoms with E-state index >= 15 is 0 Å². The van der Waals surface area contributed by atoms with Crippen LogP contribution in [0.1, 0.15) is 0 Å². The molecule has 0 bridgehead atoms. The molecule has 1 saturated heterocycles. The van der Waals surface area contributed by atoms with Crippen LogP contribution < -0.4 is 4.90 Å². The number of hydrogen-bond acceptors (Lipinski definition) is 6. The summed E-state index contributed by atoms with van der Waals surface area (Å²) in [4.78, 5) is 16.5. The van der Waals surface area contributed by atoms with E-state index in [0.717, 1.165) is 10.3 Å². The van der Waals surface area contributed by atoms with Gasteiger partial charge in [0.25, 0.3) is 5.69 Å². The van der Waals surface area contributed by atoms with Crippen LogP contribution >= 0.6 is 15.9 Å². The molecule has 1 aliphatic rings. The number of piperazine rings is 1. The lowest BCUT2D eigenvalue weighted by molar-refractivity contribution is -0.387. The van der Waals surface area contributed by atoms with E-state index in [4.69, 9.17) is 0 Å². The molecule has 0 unspecified atom stereocenters. The molecule has 132 valence electrons. The number of nitrogens with zero attached hydrogens (tertiary/aromatic N) is 4. The fraction of sp³-hybridized carbons (Fsp3) is 0.267. The summed E-state index contributed by atoms with van der Waals surface area (Å²) in [5, 5.41) is 11.1. The molecule has 0 amide bonds. The van der Waals surface area contributed by atoms with Crippen molar-refractivity contribution < 1.29 is 13.3 Å². The van der Waals surface area contributed by atoms with E-state index in [1.54, 1.807) is 6.20 Å². The van der Waals surface area contributed by atoms with Gasteiger partial charge in [0.15, 0.2) is 4.90 Å². The number of nitro benzene ring substituents is 1. The second-order valence-corrected chi connectivity index (χ2v) is 8.27. The van der Waals surface area contributed by atoms with Gasteiger partial charge in [-0.25, -0.2) is 13.4 Å². The van der Waals surface area contributed by atoms with E-state index in [9.17, 15) is 18.5 Å². The minimum atomic E-state index is -3.91. The quantitative estimate of drug-likeness (QED) is 0.549. The molecule has 1 aromatic carbocycles. The van der Waals surface area contributed by atoms with Crippen molar-refractivity contribution in [3.63, 3.8) is 0 Å². The average molecular weight is 427 g/mol. The van der Waals surface area contributed by atoms with Crippen LogP contribution in [0.5, 0.6) is 0 Å². The van der Waals surface area contributed by atoms with Gasteiger partial charge in [-0.15, -0.1) is 0 Å². The highest BCUT2D eigenvalue weighted by molar-refractivity contribution is 9.10. The Hall–Kier alpha value is -2.04. The first-order valence-electron chi connectivity index (χ1n) is 7.49. The Morgan fingerprint density at radius 1 is 1.08 bits per heavy atom. The molecule has 10 heteroatoms. The van der Waals surface area contributed by atoms with Crippen LogP contribution in [0.2, 0.25) is 0 Å². The monoisotopic (exact) mass is 426 g/mol. The summed E-state index contributed by atoms with van der Waals surface area (Å²) in [7, 11) is -3.91. The molecule has 0 radical (unpaired) electrons. The highest BCUT2D eigenvalue weighted by Gasteiger charge is 2.33. The lowest BCUT2D eigenvalue weighted by atomic mass is 10.3. The molecule has 0 saturated carbocycles. The van der Waals surface area contributed by atoms with Crippen LogP contribution in [0.15, 0.2) is 52.0 Å². The Balaban J connectivity index is 1.78. The van der Waals surface area contributed by atoms with Crippen molar-refractivity contribution in [2.75, 3.05) is 31.1 Å². The first kappa shape index (κ1) is 17.8. The minimum absolute atomic E-state index is 0.242. The molecule has 8 nitrogen and oxygen atoms in total. The summed E-state index contributed by atoms with van der Waals surface area (Å²) in [5.74, 6) is 0.769. The highest BCUT2D eigenvalue weighted by atomic mass is 79.9. The first-order chi connectivity index (χ1) is 11.9. The predicted molar refractivity (Wildman–Crippen MR) is 96.0 cm³/mol. The Morgan fingerprint density at radius 2 is 1.76 bits per heavy atom. The first-order valence-corrected chi connectivity index (χ1v) is 9.73. The van der Waals surface area contributed by atoms with Crippen molar-refractivity contribution in [3.8, 4) is 0 Å². The fourth-order valence-corrected chi connectivity index (χ4v) is 4.49. The topological polar surface area (TPSA) is 96.6 Å². The van der Waals surface area contributed by atoms with Gasteiger partial charge in [-0.05, 0) is 34.1 Å². The Morgan fingerprint density at radius 3 is 2.36 bits per heavy atom. The van der Waals surface area contributed by atoms with Gasteiger partial charge in [-0.2, -0.15) is 4.31 Å². The molecule has 0 atom stereocenters. The zero-order valence-corrected chi connectivity index (χ0v) is 15.5. The Kier molecular flexibility index (Phi) is 5.02. The Labute approximate surface area is 153 Å². The third-order valence-electron chi connectivity index (χ3n) is 3.95. The number of anilines is 1. The van der Waals surface area contributed by atoms with E-state index in [1.165, 1.54) is 28.6 Å². The van der Waals surface area contributed by atoms with E-state index in [2.05, 4.69) is 20.9 Å². The molecule has 1 aliphatic heterocycles. The highest BCUT2D eigenvalue weighted by Crippen LogP contribution is 2.27. The van der Waals surface area contributed by atoms with Gasteiger partial charge in [0.2, 0.25) is 10.0 Å². The van der Waals surface area contributed by atoms with E-state index < -0.39 is 20.6 Å². The number of hydrogen-bond donors (Lipinski definition) is 0. The third kappa shape index (κ3) is 3.65. The van der Waals surface area contributed by atoms with Crippen LogP contribution in [-0.2, 0) is 10.0 Å². The molecule has 1 aromatic heterocycles. The maximum atomic E-state index is 12.8. The summed E-state index contributed by atoms with van der Waals surface area (Å²) in [6.07, 6.45) is 1.69. The molecule has 0 N–H and O–H groups in total.